The van der Waals surface area contributed by atoms with Crippen LogP contribution in [0.4, 0.5) is 5.69 Å². The highest BCUT2D eigenvalue weighted by Crippen LogP contribution is 2.32. The minimum atomic E-state index is -3.73. The Balaban J connectivity index is 1.91. The summed E-state index contributed by atoms with van der Waals surface area (Å²) in [6.07, 6.45) is 2.68. The highest BCUT2D eigenvalue weighted by atomic mass is 35.5. The zero-order valence-corrected chi connectivity index (χ0v) is 18.3. The Morgan fingerprint density at radius 1 is 1.07 bits per heavy atom. The van der Waals surface area contributed by atoms with E-state index in [-0.39, 0.29) is 15.7 Å². The molecule has 1 saturated heterocycles. The summed E-state index contributed by atoms with van der Waals surface area (Å²) in [4.78, 5) is 12.6. The Morgan fingerprint density at radius 3 is 2.45 bits per heavy atom. The van der Waals surface area contributed by atoms with Crippen LogP contribution in [0.2, 0.25) is 10.0 Å². The fourth-order valence-electron chi connectivity index (χ4n) is 3.15. The number of benzene rings is 2. The van der Waals surface area contributed by atoms with Crippen molar-refractivity contribution in [3.05, 3.63) is 52.0 Å². The van der Waals surface area contributed by atoms with Crippen LogP contribution < -0.4 is 10.1 Å². The van der Waals surface area contributed by atoms with Crippen LogP contribution >= 0.6 is 23.2 Å². The highest BCUT2D eigenvalue weighted by Gasteiger charge is 2.29. The number of hydrogen-bond donors (Lipinski definition) is 1. The van der Waals surface area contributed by atoms with Gasteiger partial charge in [-0.25, -0.2) is 8.42 Å². The first-order valence-electron chi connectivity index (χ1n) is 9.36. The molecule has 9 heteroatoms. The molecule has 6 nitrogen and oxygen atoms in total. The van der Waals surface area contributed by atoms with E-state index in [0.717, 1.165) is 19.3 Å². The molecule has 2 aromatic carbocycles. The average Bonchev–Trinajstić information content (AvgIpc) is 2.72. The molecule has 0 bridgehead atoms. The molecule has 1 fully saturated rings. The summed E-state index contributed by atoms with van der Waals surface area (Å²) < 4.78 is 33.4. The van der Waals surface area contributed by atoms with Gasteiger partial charge in [-0.3, -0.25) is 4.79 Å². The van der Waals surface area contributed by atoms with Crippen molar-refractivity contribution in [2.75, 3.05) is 25.0 Å². The third kappa shape index (κ3) is 5.04. The van der Waals surface area contributed by atoms with Gasteiger partial charge >= 0.3 is 0 Å². The summed E-state index contributed by atoms with van der Waals surface area (Å²) in [6.45, 7) is 3.08. The van der Waals surface area contributed by atoms with Crippen molar-refractivity contribution in [3.8, 4) is 5.75 Å². The minimum Gasteiger partial charge on any atom is -0.492 e. The van der Waals surface area contributed by atoms with Gasteiger partial charge in [-0.2, -0.15) is 4.31 Å². The number of nitrogens with zero attached hydrogens (tertiary/aromatic N) is 1. The zero-order valence-electron chi connectivity index (χ0n) is 16.0. The van der Waals surface area contributed by atoms with Gasteiger partial charge in [0.1, 0.15) is 10.6 Å². The predicted molar refractivity (Wildman–Crippen MR) is 115 cm³/mol. The fraction of sp³-hybridized carbons (Fsp3) is 0.350. The molecule has 1 amide bonds. The standard InChI is InChI=1S/C20H22Cl2N2O4S/c1-2-28-18-9-7-15(23-20(25)14-6-8-16(21)17(22)12-14)13-19(18)29(26,27)24-10-4-3-5-11-24/h6-9,12-13H,2-5,10-11H2,1H3,(H,23,25). The van der Waals surface area contributed by atoms with Crippen LogP contribution in [0.5, 0.6) is 5.75 Å². The minimum absolute atomic E-state index is 0.0492. The molecule has 156 valence electrons. The van der Waals surface area contributed by atoms with Crippen molar-refractivity contribution >= 4 is 44.8 Å². The van der Waals surface area contributed by atoms with Crippen molar-refractivity contribution in [1.29, 1.82) is 0 Å². The first-order chi connectivity index (χ1) is 13.8. The molecular formula is C20H22Cl2N2O4S. The highest BCUT2D eigenvalue weighted by molar-refractivity contribution is 7.89. The normalized spacial score (nSPS) is 15.1. The summed E-state index contributed by atoms with van der Waals surface area (Å²) in [5, 5.41) is 3.32. The van der Waals surface area contributed by atoms with Gasteiger partial charge in [-0.15, -0.1) is 0 Å². The van der Waals surface area contributed by atoms with Crippen LogP contribution in [0.25, 0.3) is 0 Å². The number of anilines is 1. The average molecular weight is 457 g/mol. The summed E-state index contributed by atoms with van der Waals surface area (Å²) in [6, 6.07) is 9.14. The molecular weight excluding hydrogens is 435 g/mol. The van der Waals surface area contributed by atoms with Crippen molar-refractivity contribution < 1.29 is 17.9 Å². The topological polar surface area (TPSA) is 75.7 Å². The lowest BCUT2D eigenvalue weighted by Crippen LogP contribution is -2.35. The van der Waals surface area contributed by atoms with Gasteiger partial charge < -0.3 is 10.1 Å². The molecule has 1 N–H and O–H groups in total. The second-order valence-corrected chi connectivity index (χ2v) is 9.36. The van der Waals surface area contributed by atoms with Gasteiger partial charge in [0.05, 0.1) is 16.7 Å². The van der Waals surface area contributed by atoms with E-state index in [0.29, 0.717) is 36.0 Å². The lowest BCUT2D eigenvalue weighted by Gasteiger charge is -2.27. The quantitative estimate of drug-likeness (QED) is 0.675. The Bertz CT molecular complexity index is 1010. The lowest BCUT2D eigenvalue weighted by atomic mass is 10.2. The van der Waals surface area contributed by atoms with Crippen molar-refractivity contribution in [3.63, 3.8) is 0 Å². The second kappa shape index (κ2) is 9.34. The summed E-state index contributed by atoms with van der Waals surface area (Å²) >= 11 is 11.9. The molecule has 0 aliphatic carbocycles. The Hall–Kier alpha value is -1.80. The van der Waals surface area contributed by atoms with E-state index >= 15 is 0 Å². The molecule has 29 heavy (non-hydrogen) atoms. The van der Waals surface area contributed by atoms with Crippen molar-refractivity contribution in [1.82, 2.24) is 4.31 Å². The lowest BCUT2D eigenvalue weighted by molar-refractivity contribution is 0.102. The first kappa shape index (κ1) is 21.9. The molecule has 0 radical (unpaired) electrons. The number of rotatable bonds is 6. The molecule has 1 aliphatic rings. The fourth-order valence-corrected chi connectivity index (χ4v) is 5.12. The molecule has 2 aromatic rings. The zero-order chi connectivity index (χ0) is 21.0. The van der Waals surface area contributed by atoms with E-state index in [2.05, 4.69) is 5.32 Å². The van der Waals surface area contributed by atoms with Crippen LogP contribution in [0, 0.1) is 0 Å². The third-order valence-corrected chi connectivity index (χ3v) is 7.27. The largest absolute Gasteiger partial charge is 0.492 e. The van der Waals surface area contributed by atoms with E-state index < -0.39 is 15.9 Å². The van der Waals surface area contributed by atoms with Gasteiger partial charge in [0.25, 0.3) is 5.91 Å². The van der Waals surface area contributed by atoms with Gasteiger partial charge in [0.2, 0.25) is 10.0 Å². The summed E-state index contributed by atoms with van der Waals surface area (Å²) in [7, 11) is -3.73. The number of nitrogens with one attached hydrogen (secondary N) is 1. The van der Waals surface area contributed by atoms with E-state index in [1.54, 1.807) is 25.1 Å². The Morgan fingerprint density at radius 2 is 1.79 bits per heavy atom. The van der Waals surface area contributed by atoms with Crippen LogP contribution in [0.15, 0.2) is 41.3 Å². The molecule has 0 aromatic heterocycles. The maximum Gasteiger partial charge on any atom is 0.255 e. The van der Waals surface area contributed by atoms with Gasteiger partial charge in [-0.1, -0.05) is 29.6 Å². The molecule has 0 atom stereocenters. The van der Waals surface area contributed by atoms with E-state index in [9.17, 15) is 13.2 Å². The second-order valence-electron chi connectivity index (χ2n) is 6.64. The van der Waals surface area contributed by atoms with Crippen LogP contribution in [-0.2, 0) is 10.0 Å². The van der Waals surface area contributed by atoms with Crippen molar-refractivity contribution in [2.24, 2.45) is 0 Å². The smallest absolute Gasteiger partial charge is 0.255 e. The monoisotopic (exact) mass is 456 g/mol. The van der Waals surface area contributed by atoms with Crippen LogP contribution in [-0.4, -0.2) is 38.3 Å². The van der Waals surface area contributed by atoms with E-state index in [4.69, 9.17) is 27.9 Å². The number of amides is 1. The molecule has 1 heterocycles. The molecule has 0 saturated carbocycles. The van der Waals surface area contributed by atoms with Gasteiger partial charge in [0, 0.05) is 24.3 Å². The molecule has 1 aliphatic heterocycles. The third-order valence-electron chi connectivity index (χ3n) is 4.62. The number of ether oxygens (including phenoxy) is 1. The number of hydrogen-bond acceptors (Lipinski definition) is 4. The van der Waals surface area contributed by atoms with Crippen LogP contribution in [0.3, 0.4) is 0 Å². The first-order valence-corrected chi connectivity index (χ1v) is 11.6. The maximum atomic E-state index is 13.2. The van der Waals surface area contributed by atoms with Gasteiger partial charge in [0.15, 0.2) is 0 Å². The molecule has 0 spiro atoms. The Labute approximate surface area is 180 Å². The predicted octanol–water partition coefficient (Wildman–Crippen LogP) is 4.82. The van der Waals surface area contributed by atoms with Crippen molar-refractivity contribution in [2.45, 2.75) is 31.1 Å². The van der Waals surface area contributed by atoms with E-state index in [1.807, 2.05) is 0 Å². The molecule has 3 rings (SSSR count). The number of carbonyl (C=O) groups excluding carboxylic acids is 1. The van der Waals surface area contributed by atoms with E-state index in [1.165, 1.54) is 22.5 Å². The van der Waals surface area contributed by atoms with Crippen LogP contribution in [0.1, 0.15) is 36.5 Å². The Kier molecular flexibility index (Phi) is 7.05. The number of sulfonamides is 1. The number of piperidine rings is 1. The maximum absolute atomic E-state index is 13.2. The number of carbonyl (C=O) groups is 1. The number of halogens is 2. The van der Waals surface area contributed by atoms with Gasteiger partial charge in [-0.05, 0) is 56.2 Å². The SMILES string of the molecule is CCOc1ccc(NC(=O)c2ccc(Cl)c(Cl)c2)cc1S(=O)(=O)N1CCCCC1. The summed E-state index contributed by atoms with van der Waals surface area (Å²) in [5.41, 5.74) is 0.661. The summed E-state index contributed by atoms with van der Waals surface area (Å²) in [5.74, 6) is -0.153. The molecule has 0 unspecified atom stereocenters.